The van der Waals surface area contributed by atoms with Crippen LogP contribution in [-0.2, 0) is 0 Å². The highest BCUT2D eigenvalue weighted by molar-refractivity contribution is 7.21. The lowest BCUT2D eigenvalue weighted by Gasteiger charge is -2.06. The zero-order chi connectivity index (χ0) is 17.4. The summed E-state index contributed by atoms with van der Waals surface area (Å²) in [5.74, 6) is 0.438. The van der Waals surface area contributed by atoms with Crippen LogP contribution in [0.25, 0.3) is 20.8 Å². The zero-order valence-corrected chi connectivity index (χ0v) is 14.6. The Morgan fingerprint density at radius 1 is 1.00 bits per heavy atom. The molecule has 25 heavy (non-hydrogen) atoms. The van der Waals surface area contributed by atoms with Gasteiger partial charge >= 0.3 is 0 Å². The van der Waals surface area contributed by atoms with Gasteiger partial charge in [-0.25, -0.2) is 9.97 Å². The first-order valence-electron chi connectivity index (χ1n) is 7.89. The third-order valence-electron chi connectivity index (χ3n) is 3.81. The highest BCUT2D eigenvalue weighted by Gasteiger charge is 2.07. The van der Waals surface area contributed by atoms with E-state index in [0.717, 1.165) is 21.8 Å². The summed E-state index contributed by atoms with van der Waals surface area (Å²) >= 11 is 1.69. The summed E-state index contributed by atoms with van der Waals surface area (Å²) in [7, 11) is 0. The Morgan fingerprint density at radius 2 is 1.80 bits per heavy atom. The molecule has 0 aliphatic rings. The van der Waals surface area contributed by atoms with Crippen LogP contribution in [0.5, 0.6) is 0 Å². The van der Waals surface area contributed by atoms with Gasteiger partial charge in [0, 0.05) is 23.0 Å². The fourth-order valence-electron chi connectivity index (χ4n) is 2.63. The molecule has 0 spiro atoms. The molecule has 0 radical (unpaired) electrons. The number of H-pyrrole nitrogens is 1. The minimum atomic E-state index is -0.170. The number of thiazole rings is 1. The second-order valence-electron chi connectivity index (χ2n) is 5.93. The molecule has 0 saturated heterocycles. The van der Waals surface area contributed by atoms with Crippen LogP contribution in [0.2, 0.25) is 0 Å². The van der Waals surface area contributed by atoms with E-state index in [9.17, 15) is 4.79 Å². The highest BCUT2D eigenvalue weighted by atomic mass is 32.1. The number of aromatic amines is 1. The molecule has 0 bridgehead atoms. The van der Waals surface area contributed by atoms with Crippen LogP contribution in [-0.4, -0.2) is 15.0 Å². The minimum Gasteiger partial charge on any atom is -0.326 e. The van der Waals surface area contributed by atoms with Gasteiger partial charge in [0.1, 0.15) is 5.01 Å². The number of nitrogens with one attached hydrogen (secondary N) is 2. The van der Waals surface area contributed by atoms with Gasteiger partial charge in [-0.05, 0) is 55.8 Å². The topological polar surface area (TPSA) is 70.7 Å². The Kier molecular flexibility index (Phi) is 3.82. The van der Waals surface area contributed by atoms with Crippen LogP contribution < -0.4 is 10.9 Å². The van der Waals surface area contributed by atoms with E-state index in [4.69, 9.17) is 4.98 Å². The molecule has 2 heterocycles. The van der Waals surface area contributed by atoms with E-state index in [1.54, 1.807) is 18.3 Å². The largest absolute Gasteiger partial charge is 0.326 e. The molecule has 124 valence electrons. The summed E-state index contributed by atoms with van der Waals surface area (Å²) in [5.41, 5.74) is 4.69. The zero-order valence-electron chi connectivity index (χ0n) is 13.8. The lowest BCUT2D eigenvalue weighted by Crippen LogP contribution is -2.10. The maximum Gasteiger partial charge on any atom is 0.252 e. The fourth-order valence-corrected chi connectivity index (χ4v) is 3.70. The van der Waals surface area contributed by atoms with Gasteiger partial charge in [0.2, 0.25) is 5.95 Å². The summed E-state index contributed by atoms with van der Waals surface area (Å²) < 4.78 is 1.19. The minimum absolute atomic E-state index is 0.170. The average Bonchev–Trinajstić information content (AvgIpc) is 2.97. The van der Waals surface area contributed by atoms with Crippen LogP contribution in [0, 0.1) is 13.8 Å². The Morgan fingerprint density at radius 3 is 2.56 bits per heavy atom. The maximum atomic E-state index is 11.5. The predicted molar refractivity (Wildman–Crippen MR) is 103 cm³/mol. The van der Waals surface area contributed by atoms with Crippen molar-refractivity contribution in [1.29, 1.82) is 0 Å². The smallest absolute Gasteiger partial charge is 0.252 e. The summed E-state index contributed by atoms with van der Waals surface area (Å²) in [6, 6.07) is 15.7. The number of hydrogen-bond acceptors (Lipinski definition) is 5. The molecular weight excluding hydrogens is 332 g/mol. The number of benzene rings is 2. The molecule has 4 rings (SSSR count). The third kappa shape index (κ3) is 3.29. The normalized spacial score (nSPS) is 11.0. The first kappa shape index (κ1) is 15.5. The number of aryl methyl sites for hydroxylation is 2. The fraction of sp³-hybridized carbons (Fsp3) is 0.105. The Hall–Kier alpha value is -2.99. The van der Waals surface area contributed by atoms with Gasteiger partial charge in [0.25, 0.3) is 5.56 Å². The molecule has 0 aliphatic heterocycles. The van der Waals surface area contributed by atoms with E-state index in [1.807, 2.05) is 24.3 Å². The summed E-state index contributed by atoms with van der Waals surface area (Å²) in [6.45, 7) is 3.88. The molecule has 0 unspecified atom stereocenters. The van der Waals surface area contributed by atoms with Crippen LogP contribution >= 0.6 is 11.3 Å². The predicted octanol–water partition coefficient (Wildman–Crippen LogP) is 4.41. The summed E-state index contributed by atoms with van der Waals surface area (Å²) in [5, 5.41) is 4.11. The van der Waals surface area contributed by atoms with Gasteiger partial charge in [-0.2, -0.15) is 0 Å². The van der Waals surface area contributed by atoms with Gasteiger partial charge in [-0.15, -0.1) is 11.3 Å². The number of anilines is 2. The van der Waals surface area contributed by atoms with Crippen molar-refractivity contribution in [2.45, 2.75) is 13.8 Å². The molecule has 0 fully saturated rings. The Balaban J connectivity index is 1.61. The van der Waals surface area contributed by atoms with Crippen LogP contribution in [0.1, 0.15) is 11.3 Å². The summed E-state index contributed by atoms with van der Waals surface area (Å²) in [4.78, 5) is 23.2. The first-order valence-corrected chi connectivity index (χ1v) is 8.71. The monoisotopic (exact) mass is 348 g/mol. The summed E-state index contributed by atoms with van der Waals surface area (Å²) in [6.07, 6.45) is 0. The molecule has 0 amide bonds. The SMILES string of the molecule is Cc1ccc2nc(-c3ccc(Nc4nc(C)cc(=O)[nH]4)cc3)sc2c1. The van der Waals surface area contributed by atoms with Crippen molar-refractivity contribution in [2.75, 3.05) is 5.32 Å². The number of nitrogens with zero attached hydrogens (tertiary/aromatic N) is 2. The van der Waals surface area contributed by atoms with Crippen molar-refractivity contribution < 1.29 is 0 Å². The molecule has 0 saturated carbocycles. The Bertz CT molecular complexity index is 1110. The molecular formula is C19H16N4OS. The Labute approximate surface area is 148 Å². The van der Waals surface area contributed by atoms with Crippen molar-refractivity contribution in [1.82, 2.24) is 15.0 Å². The molecule has 2 aromatic heterocycles. The standard InChI is InChI=1S/C19H16N4OS/c1-11-3-8-15-16(9-11)25-18(22-15)13-4-6-14(7-5-13)21-19-20-12(2)10-17(24)23-19/h3-10H,1-2H3,(H2,20,21,23,24). The van der Waals surface area contributed by atoms with E-state index in [2.05, 4.69) is 40.4 Å². The van der Waals surface area contributed by atoms with E-state index in [-0.39, 0.29) is 5.56 Å². The third-order valence-corrected chi connectivity index (χ3v) is 4.88. The van der Waals surface area contributed by atoms with Crippen molar-refractivity contribution in [2.24, 2.45) is 0 Å². The number of hydrogen-bond donors (Lipinski definition) is 2. The first-order chi connectivity index (χ1) is 12.1. The molecule has 4 aromatic rings. The van der Waals surface area contributed by atoms with Gasteiger partial charge in [-0.3, -0.25) is 9.78 Å². The molecule has 6 heteroatoms. The quantitative estimate of drug-likeness (QED) is 0.575. The molecule has 2 N–H and O–H groups in total. The van der Waals surface area contributed by atoms with E-state index < -0.39 is 0 Å². The van der Waals surface area contributed by atoms with E-state index >= 15 is 0 Å². The van der Waals surface area contributed by atoms with Gasteiger partial charge in [0.05, 0.1) is 10.2 Å². The van der Waals surface area contributed by atoms with E-state index in [1.165, 1.54) is 16.3 Å². The van der Waals surface area contributed by atoms with E-state index in [0.29, 0.717) is 11.6 Å². The van der Waals surface area contributed by atoms with Crippen molar-refractivity contribution >= 4 is 33.2 Å². The second kappa shape index (κ2) is 6.14. The average molecular weight is 348 g/mol. The number of rotatable bonds is 3. The van der Waals surface area contributed by atoms with Crippen molar-refractivity contribution in [3.05, 3.63) is 70.1 Å². The molecule has 5 nitrogen and oxygen atoms in total. The van der Waals surface area contributed by atoms with Crippen LogP contribution in [0.4, 0.5) is 11.6 Å². The van der Waals surface area contributed by atoms with Crippen molar-refractivity contribution in [3.8, 4) is 10.6 Å². The molecule has 0 aliphatic carbocycles. The van der Waals surface area contributed by atoms with Crippen LogP contribution in [0.15, 0.2) is 53.3 Å². The van der Waals surface area contributed by atoms with Crippen LogP contribution in [0.3, 0.4) is 0 Å². The highest BCUT2D eigenvalue weighted by Crippen LogP contribution is 2.31. The number of aromatic nitrogens is 3. The molecule has 2 aromatic carbocycles. The van der Waals surface area contributed by atoms with Gasteiger partial charge < -0.3 is 5.32 Å². The second-order valence-corrected chi connectivity index (χ2v) is 6.96. The lowest BCUT2D eigenvalue weighted by molar-refractivity contribution is 1.07. The maximum absolute atomic E-state index is 11.5. The lowest BCUT2D eigenvalue weighted by atomic mass is 10.2. The van der Waals surface area contributed by atoms with Crippen molar-refractivity contribution in [3.63, 3.8) is 0 Å². The van der Waals surface area contributed by atoms with Gasteiger partial charge in [0.15, 0.2) is 0 Å². The molecule has 0 atom stereocenters. The van der Waals surface area contributed by atoms with Gasteiger partial charge in [-0.1, -0.05) is 6.07 Å². The number of fused-ring (bicyclic) bond motifs is 1.